The number of fused-ring (bicyclic) bond motifs is 8. The summed E-state index contributed by atoms with van der Waals surface area (Å²) in [7, 11) is 1.32. The molecule has 0 saturated carbocycles. The number of aromatic nitrogens is 3. The van der Waals surface area contributed by atoms with E-state index < -0.39 is 23.9 Å². The highest BCUT2D eigenvalue weighted by atomic mass is 16.5. The van der Waals surface area contributed by atoms with Crippen molar-refractivity contribution in [2.45, 2.75) is 59.9 Å². The van der Waals surface area contributed by atoms with Crippen LogP contribution in [0, 0.1) is 38.5 Å². The Balaban J connectivity index is 1.71. The summed E-state index contributed by atoms with van der Waals surface area (Å²) in [5.74, 6) is -2.61. The van der Waals surface area contributed by atoms with Gasteiger partial charge in [0.2, 0.25) is 0 Å². The van der Waals surface area contributed by atoms with Crippen LogP contribution in [0.3, 0.4) is 0 Å². The fourth-order valence-corrected chi connectivity index (χ4v) is 7.23. The van der Waals surface area contributed by atoms with Gasteiger partial charge >= 0.3 is 11.9 Å². The smallest absolute Gasteiger partial charge is 0.320 e. The van der Waals surface area contributed by atoms with Crippen LogP contribution in [-0.2, 0) is 20.7 Å². The van der Waals surface area contributed by atoms with E-state index in [1.54, 1.807) is 0 Å². The normalized spacial score (nSPS) is 25.2. The number of aryl methyl sites for hydroxylation is 1. The largest absolute Gasteiger partial charge is 0.510 e. The maximum atomic E-state index is 13.2. The molecule has 9 nitrogen and oxygen atoms in total. The van der Waals surface area contributed by atoms with E-state index >= 15 is 0 Å². The Morgan fingerprint density at radius 1 is 1.00 bits per heavy atom. The van der Waals surface area contributed by atoms with Crippen LogP contribution < -0.4 is 26.6 Å². The number of hydrogen-bond donors (Lipinski definition) is 6. The molecule has 9 heteroatoms. The third kappa shape index (κ3) is 4.21. The predicted molar refractivity (Wildman–Crippen MR) is 161 cm³/mol. The number of H-pyrrole nitrogens is 3. The van der Waals surface area contributed by atoms with Crippen molar-refractivity contribution >= 4 is 41.5 Å². The van der Waals surface area contributed by atoms with Gasteiger partial charge in [-0.05, 0) is 91.7 Å². The number of hydrogen-bond acceptors (Lipinski definition) is 5. The van der Waals surface area contributed by atoms with Crippen LogP contribution in [0.5, 0.6) is 0 Å². The number of rotatable bonds is 5. The van der Waals surface area contributed by atoms with Crippen molar-refractivity contribution in [2.75, 3.05) is 7.11 Å². The van der Waals surface area contributed by atoms with Gasteiger partial charge in [0.1, 0.15) is 11.7 Å². The monoisotopic (exact) mass is 570 g/mol. The highest BCUT2D eigenvalue weighted by Gasteiger charge is 2.46. The Hall–Kier alpha value is -4.40. The van der Waals surface area contributed by atoms with Crippen LogP contribution in [0.2, 0.25) is 0 Å². The van der Waals surface area contributed by atoms with Crippen LogP contribution >= 0.6 is 0 Å². The summed E-state index contributed by atoms with van der Waals surface area (Å²) in [6, 6.07) is 1.72. The Bertz CT molecular complexity index is 1920. The van der Waals surface area contributed by atoms with Crippen molar-refractivity contribution in [1.29, 1.82) is 0 Å². The molecule has 5 heterocycles. The first kappa shape index (κ1) is 27.8. The van der Waals surface area contributed by atoms with E-state index in [-0.39, 0.29) is 24.0 Å². The fraction of sp³-hybridized carbons (Fsp3) is 0.394. The molecule has 3 aliphatic rings. The van der Waals surface area contributed by atoms with Crippen molar-refractivity contribution in [3.8, 4) is 0 Å². The number of aliphatic carboxylic acids is 1. The van der Waals surface area contributed by atoms with Gasteiger partial charge in [-0.15, -0.1) is 0 Å². The number of carbonyl (C=O) groups excluding carboxylic acids is 1. The van der Waals surface area contributed by atoms with Gasteiger partial charge in [-0.3, -0.25) is 9.59 Å². The van der Waals surface area contributed by atoms with Crippen LogP contribution in [-0.4, -0.2) is 50.3 Å². The molecule has 1 unspecified atom stereocenters. The summed E-state index contributed by atoms with van der Waals surface area (Å²) < 4.78 is 5.19. The molecule has 1 fully saturated rings. The van der Waals surface area contributed by atoms with Gasteiger partial charge in [-0.2, -0.15) is 0 Å². The Morgan fingerprint density at radius 3 is 2.45 bits per heavy atom. The van der Waals surface area contributed by atoms with Crippen LogP contribution in [0.4, 0.5) is 0 Å². The second-order valence-corrected chi connectivity index (χ2v) is 11.8. The summed E-state index contributed by atoms with van der Waals surface area (Å²) in [6.45, 7) is 10.4. The lowest BCUT2D eigenvalue weighted by molar-refractivity contribution is -0.142. The highest BCUT2D eigenvalue weighted by Crippen LogP contribution is 2.42. The number of ether oxygens (including phenoxy) is 1. The molecular formula is C33H38N4O5. The molecule has 42 heavy (non-hydrogen) atoms. The van der Waals surface area contributed by atoms with Crippen molar-refractivity contribution in [1.82, 2.24) is 20.3 Å². The number of aromatic amines is 3. The van der Waals surface area contributed by atoms with Gasteiger partial charge in [0, 0.05) is 51.0 Å². The first-order valence-electron chi connectivity index (χ1n) is 14.6. The minimum Gasteiger partial charge on any atom is -0.510 e. The number of nitrogens with one attached hydrogen (secondary N) is 4. The minimum atomic E-state index is -0.988. The van der Waals surface area contributed by atoms with Crippen molar-refractivity contribution in [3.05, 3.63) is 72.4 Å². The third-order valence-corrected chi connectivity index (χ3v) is 9.53. The lowest BCUT2D eigenvalue weighted by Crippen LogP contribution is -2.38. The molecule has 1 aliphatic carbocycles. The zero-order valence-corrected chi connectivity index (χ0v) is 24.9. The summed E-state index contributed by atoms with van der Waals surface area (Å²) in [6.07, 6.45) is 7.54. The van der Waals surface area contributed by atoms with E-state index in [0.717, 1.165) is 51.0 Å². The quantitative estimate of drug-likeness (QED) is 0.259. The molecule has 3 aromatic heterocycles. The Morgan fingerprint density at radius 2 is 1.76 bits per heavy atom. The number of allylic oxidation sites excluding steroid dienone is 1. The first-order chi connectivity index (χ1) is 20.0. The van der Waals surface area contributed by atoms with Gasteiger partial charge in [-0.1, -0.05) is 13.8 Å². The average molecular weight is 571 g/mol. The maximum absolute atomic E-state index is 13.2. The molecule has 0 spiro atoms. The van der Waals surface area contributed by atoms with E-state index in [1.165, 1.54) is 18.2 Å². The lowest BCUT2D eigenvalue weighted by Gasteiger charge is -2.26. The fourth-order valence-electron chi connectivity index (χ4n) is 7.23. The second kappa shape index (κ2) is 10.2. The molecular weight excluding hydrogens is 532 g/mol. The van der Waals surface area contributed by atoms with Gasteiger partial charge in [0.05, 0.1) is 18.5 Å². The Labute approximate surface area is 243 Å². The Kier molecular flexibility index (Phi) is 6.71. The van der Waals surface area contributed by atoms with Crippen LogP contribution in [0.1, 0.15) is 66.0 Å². The number of carbonyl (C=O) groups is 2. The zero-order valence-electron chi connectivity index (χ0n) is 24.9. The standard InChI is InChI=1S/C33H38N4O5/c1-7-19-15(3)22-11-18-10-14(2)21(34-18)12-23-16(4)20(8-9-26(38)39)30(36-23)28-29(33(41)42-6)32(40)27-17(5)24(37-31(27)28)13-25(19)35-22/h10-13,16,20,29-30,34-37,40H,7-9H2,1-6H3,(H,38,39)/b22-11-,23-12+,25-13-/t16-,20-,29+,30?/m0/s1. The number of carboxylic acids is 1. The lowest BCUT2D eigenvalue weighted by atomic mass is 9.80. The van der Waals surface area contributed by atoms with Gasteiger partial charge < -0.3 is 35.2 Å². The van der Waals surface area contributed by atoms with Gasteiger partial charge in [0.15, 0.2) is 0 Å². The molecule has 220 valence electrons. The molecule has 8 bridgehead atoms. The molecule has 0 radical (unpaired) electrons. The zero-order chi connectivity index (χ0) is 30.0. The van der Waals surface area contributed by atoms with E-state index in [2.05, 4.69) is 72.3 Å². The molecule has 0 amide bonds. The topological polar surface area (TPSA) is 143 Å². The van der Waals surface area contributed by atoms with E-state index in [0.29, 0.717) is 22.6 Å². The van der Waals surface area contributed by atoms with Gasteiger partial charge in [-0.25, -0.2) is 0 Å². The van der Waals surface area contributed by atoms with E-state index in [1.807, 2.05) is 6.92 Å². The second-order valence-electron chi connectivity index (χ2n) is 11.8. The SMILES string of the molecule is CCc1c(C)/c2[nH]/c1=C\c1[nH]c3c(c1C)=C(O)[C@H](C(=O)OC)C=3C1N/C(=C/c3[nH]c(cc3C)\C=2)[C@@H](C)[C@@H]1CCC(=O)O. The molecule has 4 atom stereocenters. The summed E-state index contributed by atoms with van der Waals surface area (Å²) in [5, 5.41) is 28.1. The molecule has 2 aliphatic heterocycles. The minimum absolute atomic E-state index is 0.00328. The number of aliphatic hydroxyl groups excluding tert-OH is 1. The van der Waals surface area contributed by atoms with Crippen LogP contribution in [0.25, 0.3) is 29.6 Å². The molecule has 1 saturated heterocycles. The molecule has 3 aromatic rings. The number of methoxy groups -OCH3 is 1. The third-order valence-electron chi connectivity index (χ3n) is 9.53. The van der Waals surface area contributed by atoms with Crippen molar-refractivity contribution in [2.24, 2.45) is 17.8 Å². The van der Waals surface area contributed by atoms with Crippen LogP contribution in [0.15, 0.2) is 11.8 Å². The number of carboxylic acid groups (broad SMARTS) is 1. The number of aliphatic hydroxyl groups is 1. The summed E-state index contributed by atoms with van der Waals surface area (Å²) in [5.41, 5.74) is 8.72. The summed E-state index contributed by atoms with van der Waals surface area (Å²) in [4.78, 5) is 35.6. The molecule has 6 N–H and O–H groups in total. The predicted octanol–water partition coefficient (Wildman–Crippen LogP) is 1.88. The molecule has 6 rings (SSSR count). The average Bonchev–Trinajstić information content (AvgIpc) is 3.69. The number of esters is 1. The van der Waals surface area contributed by atoms with E-state index in [9.17, 15) is 19.8 Å². The van der Waals surface area contributed by atoms with Crippen molar-refractivity contribution < 1.29 is 24.5 Å². The highest BCUT2D eigenvalue weighted by molar-refractivity contribution is 5.95. The van der Waals surface area contributed by atoms with Gasteiger partial charge in [0.25, 0.3) is 0 Å². The maximum Gasteiger partial charge on any atom is 0.320 e. The van der Waals surface area contributed by atoms with Crippen molar-refractivity contribution in [3.63, 3.8) is 0 Å². The summed E-state index contributed by atoms with van der Waals surface area (Å²) >= 11 is 0. The molecule has 0 aromatic carbocycles. The first-order valence-corrected chi connectivity index (χ1v) is 14.6. The van der Waals surface area contributed by atoms with E-state index in [4.69, 9.17) is 4.74 Å².